The average Bonchev–Trinajstić information content (AvgIpc) is 3.28. The van der Waals surface area contributed by atoms with E-state index in [0.717, 1.165) is 16.5 Å². The maximum absolute atomic E-state index is 13.5. The van der Waals surface area contributed by atoms with Gasteiger partial charge in [-0.25, -0.2) is 0 Å². The van der Waals surface area contributed by atoms with Crippen LogP contribution in [-0.4, -0.2) is 68.6 Å². The molecule has 1 saturated carbocycles. The number of rotatable bonds is 5. The van der Waals surface area contributed by atoms with E-state index in [1.807, 2.05) is 19.1 Å². The summed E-state index contributed by atoms with van der Waals surface area (Å²) >= 11 is 0. The molecule has 1 aliphatic carbocycles. The van der Waals surface area contributed by atoms with Crippen molar-refractivity contribution in [3.8, 4) is 11.3 Å². The zero-order valence-electron chi connectivity index (χ0n) is 21.1. The fourth-order valence-electron chi connectivity index (χ4n) is 5.87. The molecule has 0 bridgehead atoms. The zero-order valence-corrected chi connectivity index (χ0v) is 21.1. The van der Waals surface area contributed by atoms with Crippen LogP contribution in [0.1, 0.15) is 77.8 Å². The lowest BCUT2D eigenvalue weighted by Crippen LogP contribution is -2.52. The van der Waals surface area contributed by atoms with Crippen LogP contribution < -0.4 is 5.56 Å². The molecular formula is C28H32FN5O3. The van der Waals surface area contributed by atoms with E-state index < -0.39 is 18.1 Å². The van der Waals surface area contributed by atoms with Crippen LogP contribution in [0.3, 0.4) is 0 Å². The summed E-state index contributed by atoms with van der Waals surface area (Å²) in [4.78, 5) is 46.4. The predicted molar refractivity (Wildman–Crippen MR) is 138 cm³/mol. The number of amides is 2. The summed E-state index contributed by atoms with van der Waals surface area (Å²) in [6.45, 7) is 2.61. The van der Waals surface area contributed by atoms with Crippen molar-refractivity contribution in [2.45, 2.75) is 57.4 Å². The molecule has 0 unspecified atom stereocenters. The van der Waals surface area contributed by atoms with Crippen molar-refractivity contribution in [3.63, 3.8) is 0 Å². The quantitative estimate of drug-likeness (QED) is 0.567. The van der Waals surface area contributed by atoms with E-state index in [-0.39, 0.29) is 47.9 Å². The number of benzene rings is 1. The first-order valence-corrected chi connectivity index (χ1v) is 13.4. The fourth-order valence-corrected chi connectivity index (χ4v) is 5.87. The molecule has 37 heavy (non-hydrogen) atoms. The molecule has 1 N–H and O–H groups in total. The standard InChI is InChI=1S/C28H32FN5O3/c1-17-11-12-33(17)28(37)25-24(27(36)32-15-18(14-29)16-32)26-30-22(13-23(35)34(26)31-25)21-9-7-20(8-10-21)19-5-3-2-4-6-19/h7-10,13,17-19,30H,2-6,11-12,14-16H2,1H3/t17-/m0/s1. The predicted octanol–water partition coefficient (Wildman–Crippen LogP) is 4.01. The number of fused-ring (bicyclic) bond motifs is 1. The molecular weight excluding hydrogens is 473 g/mol. The molecule has 3 fully saturated rings. The first kappa shape index (κ1) is 23.9. The molecule has 4 heterocycles. The van der Waals surface area contributed by atoms with Gasteiger partial charge in [0.05, 0.1) is 12.4 Å². The maximum atomic E-state index is 13.5. The largest absolute Gasteiger partial charge is 0.339 e. The number of alkyl halides is 1. The number of carbonyl (C=O) groups is 2. The Hall–Kier alpha value is -3.49. The van der Waals surface area contributed by atoms with Gasteiger partial charge < -0.3 is 14.8 Å². The number of nitrogens with one attached hydrogen (secondary N) is 1. The van der Waals surface area contributed by atoms with Crippen LogP contribution in [0, 0.1) is 5.92 Å². The van der Waals surface area contributed by atoms with Gasteiger partial charge in [-0.15, -0.1) is 0 Å². The van der Waals surface area contributed by atoms with Crippen LogP contribution >= 0.6 is 0 Å². The minimum absolute atomic E-state index is 0.0293. The summed E-state index contributed by atoms with van der Waals surface area (Å²) in [5.41, 5.74) is 2.52. The van der Waals surface area contributed by atoms with Gasteiger partial charge in [-0.1, -0.05) is 43.5 Å². The van der Waals surface area contributed by atoms with Gasteiger partial charge in [0, 0.05) is 37.7 Å². The number of hydrogen-bond donors (Lipinski definition) is 1. The van der Waals surface area contributed by atoms with Gasteiger partial charge in [0.2, 0.25) is 0 Å². The Balaban J connectivity index is 1.40. The molecule has 2 aliphatic heterocycles. The van der Waals surface area contributed by atoms with Crippen molar-refractivity contribution in [3.05, 3.63) is 57.5 Å². The molecule has 1 aromatic carbocycles. The van der Waals surface area contributed by atoms with Crippen LogP contribution in [0.2, 0.25) is 0 Å². The van der Waals surface area contributed by atoms with Crippen molar-refractivity contribution in [1.29, 1.82) is 0 Å². The summed E-state index contributed by atoms with van der Waals surface area (Å²) in [5, 5.41) is 4.32. The van der Waals surface area contributed by atoms with Gasteiger partial charge in [0.15, 0.2) is 11.3 Å². The number of halogens is 1. The lowest BCUT2D eigenvalue weighted by molar-refractivity contribution is 0.0430. The van der Waals surface area contributed by atoms with E-state index in [9.17, 15) is 18.8 Å². The van der Waals surface area contributed by atoms with E-state index in [1.165, 1.54) is 48.6 Å². The third-order valence-electron chi connectivity index (χ3n) is 8.37. The molecule has 8 nitrogen and oxygen atoms in total. The topological polar surface area (TPSA) is 90.8 Å². The highest BCUT2D eigenvalue weighted by Gasteiger charge is 2.39. The van der Waals surface area contributed by atoms with Crippen LogP contribution in [-0.2, 0) is 0 Å². The minimum Gasteiger partial charge on any atom is -0.339 e. The number of carbonyl (C=O) groups excluding carboxylic acids is 2. The number of H-pyrrole nitrogens is 1. The van der Waals surface area contributed by atoms with Gasteiger partial charge in [-0.05, 0) is 43.2 Å². The van der Waals surface area contributed by atoms with E-state index >= 15 is 0 Å². The normalized spacial score (nSPS) is 20.6. The molecule has 2 amide bonds. The third kappa shape index (κ3) is 4.14. The Kier molecular flexibility index (Phi) is 6.09. The van der Waals surface area contributed by atoms with Crippen LogP contribution in [0.15, 0.2) is 35.1 Å². The van der Waals surface area contributed by atoms with E-state index in [0.29, 0.717) is 18.2 Å². The molecule has 0 radical (unpaired) electrons. The van der Waals surface area contributed by atoms with Crippen LogP contribution in [0.25, 0.3) is 16.9 Å². The van der Waals surface area contributed by atoms with Crippen molar-refractivity contribution in [2.75, 3.05) is 26.3 Å². The van der Waals surface area contributed by atoms with Gasteiger partial charge in [-0.2, -0.15) is 9.61 Å². The Bertz CT molecular complexity index is 1400. The number of aromatic nitrogens is 3. The number of likely N-dealkylation sites (tertiary alicyclic amines) is 2. The Morgan fingerprint density at radius 3 is 2.41 bits per heavy atom. The first-order valence-electron chi connectivity index (χ1n) is 13.4. The number of hydrogen-bond acceptors (Lipinski definition) is 4. The molecule has 2 saturated heterocycles. The van der Waals surface area contributed by atoms with Crippen molar-refractivity contribution < 1.29 is 14.0 Å². The molecule has 1 atom stereocenters. The molecule has 0 spiro atoms. The molecule has 6 rings (SSSR count). The Labute approximate surface area is 214 Å². The van der Waals surface area contributed by atoms with Crippen molar-refractivity contribution in [2.24, 2.45) is 5.92 Å². The van der Waals surface area contributed by atoms with E-state index in [1.54, 1.807) is 4.90 Å². The second-order valence-corrected chi connectivity index (χ2v) is 10.8. The first-order chi connectivity index (χ1) is 17.9. The molecule has 3 aromatic rings. The summed E-state index contributed by atoms with van der Waals surface area (Å²) in [5.74, 6) is -0.389. The minimum atomic E-state index is -0.493. The number of nitrogens with zero attached hydrogens (tertiary/aromatic N) is 4. The Morgan fingerprint density at radius 1 is 1.05 bits per heavy atom. The fraction of sp³-hybridized carbons (Fsp3) is 0.500. The van der Waals surface area contributed by atoms with Gasteiger partial charge in [0.1, 0.15) is 5.56 Å². The lowest BCUT2D eigenvalue weighted by atomic mass is 9.84. The second kappa shape index (κ2) is 9.43. The summed E-state index contributed by atoms with van der Waals surface area (Å²) < 4.78 is 14.2. The highest BCUT2D eigenvalue weighted by Crippen LogP contribution is 2.33. The van der Waals surface area contributed by atoms with Crippen LogP contribution in [0.4, 0.5) is 4.39 Å². The lowest BCUT2D eigenvalue weighted by Gasteiger charge is -2.39. The van der Waals surface area contributed by atoms with Crippen LogP contribution in [0.5, 0.6) is 0 Å². The second-order valence-electron chi connectivity index (χ2n) is 10.8. The zero-order chi connectivity index (χ0) is 25.7. The smallest absolute Gasteiger partial charge is 0.275 e. The van der Waals surface area contributed by atoms with E-state index in [4.69, 9.17) is 0 Å². The van der Waals surface area contributed by atoms with Gasteiger partial charge in [0.25, 0.3) is 17.4 Å². The molecule has 2 aromatic heterocycles. The molecule has 9 heteroatoms. The monoisotopic (exact) mass is 505 g/mol. The number of aromatic amines is 1. The molecule has 194 valence electrons. The summed E-state index contributed by atoms with van der Waals surface area (Å²) in [6.07, 6.45) is 7.11. The van der Waals surface area contributed by atoms with Crippen molar-refractivity contribution >= 4 is 17.5 Å². The molecule has 3 aliphatic rings. The average molecular weight is 506 g/mol. The highest BCUT2D eigenvalue weighted by atomic mass is 19.1. The highest BCUT2D eigenvalue weighted by molar-refractivity contribution is 6.10. The van der Waals surface area contributed by atoms with E-state index in [2.05, 4.69) is 22.2 Å². The van der Waals surface area contributed by atoms with Gasteiger partial charge in [-0.3, -0.25) is 18.8 Å². The maximum Gasteiger partial charge on any atom is 0.275 e. The SMILES string of the molecule is C[C@H]1CCN1C(=O)c1nn2c(=O)cc(-c3ccc(C4CCCCC4)cc3)[nH]c2c1C(=O)N1CC(CF)C1. The summed E-state index contributed by atoms with van der Waals surface area (Å²) in [7, 11) is 0. The van der Waals surface area contributed by atoms with Crippen molar-refractivity contribution in [1.82, 2.24) is 24.4 Å². The Morgan fingerprint density at radius 2 is 1.78 bits per heavy atom. The third-order valence-corrected chi connectivity index (χ3v) is 8.37. The van der Waals surface area contributed by atoms with Gasteiger partial charge >= 0.3 is 0 Å². The summed E-state index contributed by atoms with van der Waals surface area (Å²) in [6, 6.07) is 9.74.